The number of amides is 2. The number of aromatic nitrogens is 2. The summed E-state index contributed by atoms with van der Waals surface area (Å²) in [6, 6.07) is 17.3. The van der Waals surface area contributed by atoms with Crippen LogP contribution in [0.15, 0.2) is 66.9 Å². The van der Waals surface area contributed by atoms with Crippen molar-refractivity contribution in [1.29, 1.82) is 0 Å². The van der Waals surface area contributed by atoms with Crippen molar-refractivity contribution in [3.63, 3.8) is 0 Å². The summed E-state index contributed by atoms with van der Waals surface area (Å²) in [6.07, 6.45) is 1.60. The largest absolute Gasteiger partial charge is 0.363 e. The van der Waals surface area contributed by atoms with Crippen LogP contribution >= 0.6 is 0 Å². The molecule has 1 heterocycles. The highest BCUT2D eigenvalue weighted by atomic mass is 16.2. The quantitative estimate of drug-likeness (QED) is 0.610. The van der Waals surface area contributed by atoms with Gasteiger partial charge in [0, 0.05) is 12.1 Å². The van der Waals surface area contributed by atoms with Crippen molar-refractivity contribution in [3.8, 4) is 5.69 Å². The van der Waals surface area contributed by atoms with E-state index in [1.807, 2.05) is 60.7 Å². The summed E-state index contributed by atoms with van der Waals surface area (Å²) in [7, 11) is 0. The number of imidazole rings is 1. The molecule has 0 aliphatic carbocycles. The average molecular weight is 376 g/mol. The van der Waals surface area contributed by atoms with Crippen molar-refractivity contribution in [3.05, 3.63) is 83.9 Å². The first kappa shape index (κ1) is 19.0. The van der Waals surface area contributed by atoms with Gasteiger partial charge in [-0.3, -0.25) is 19.0 Å². The highest BCUT2D eigenvalue weighted by Crippen LogP contribution is 2.15. The van der Waals surface area contributed by atoms with Gasteiger partial charge in [0.25, 0.3) is 11.8 Å². The number of carbonyl (C=O) groups excluding carboxylic acids is 3. The minimum Gasteiger partial charge on any atom is -0.363 e. The Hall–Kier alpha value is -3.74. The third kappa shape index (κ3) is 4.15. The van der Waals surface area contributed by atoms with Crippen LogP contribution in [0, 0.1) is 6.92 Å². The summed E-state index contributed by atoms with van der Waals surface area (Å²) in [5.41, 5.74) is 7.00. The molecule has 0 spiro atoms. The Morgan fingerprint density at radius 3 is 2.25 bits per heavy atom. The molecule has 0 bridgehead atoms. The smallest absolute Gasteiger partial charge is 0.287 e. The van der Waals surface area contributed by atoms with E-state index in [1.54, 1.807) is 11.5 Å². The van der Waals surface area contributed by atoms with Crippen molar-refractivity contribution in [2.24, 2.45) is 5.73 Å². The van der Waals surface area contributed by atoms with Crippen LogP contribution < -0.4 is 11.1 Å². The van der Waals surface area contributed by atoms with Gasteiger partial charge in [0.2, 0.25) is 5.78 Å². The minimum absolute atomic E-state index is 0.160. The van der Waals surface area contributed by atoms with Gasteiger partial charge in [-0.25, -0.2) is 4.98 Å². The Kier molecular flexibility index (Phi) is 5.64. The highest BCUT2D eigenvalue weighted by molar-refractivity contribution is 6.38. The molecule has 0 saturated heterocycles. The number of nitrogens with two attached hydrogens (primary N) is 1. The number of Topliss-reactive ketones (excluding diaryl/α,β-unsaturated/α-hetero) is 1. The van der Waals surface area contributed by atoms with Crippen LogP contribution in [0.4, 0.5) is 0 Å². The third-order valence-electron chi connectivity index (χ3n) is 4.33. The maximum atomic E-state index is 12.9. The van der Waals surface area contributed by atoms with Crippen molar-refractivity contribution < 1.29 is 14.4 Å². The number of primary amides is 1. The van der Waals surface area contributed by atoms with Gasteiger partial charge in [-0.1, -0.05) is 48.5 Å². The van der Waals surface area contributed by atoms with Crippen molar-refractivity contribution in [2.45, 2.75) is 19.4 Å². The molecule has 28 heavy (non-hydrogen) atoms. The van der Waals surface area contributed by atoms with E-state index in [0.717, 1.165) is 11.3 Å². The van der Waals surface area contributed by atoms with Gasteiger partial charge in [-0.15, -0.1) is 0 Å². The van der Waals surface area contributed by atoms with E-state index < -0.39 is 23.6 Å². The van der Waals surface area contributed by atoms with Gasteiger partial charge >= 0.3 is 0 Å². The number of ketones is 1. The van der Waals surface area contributed by atoms with Gasteiger partial charge in [0.05, 0.1) is 6.20 Å². The van der Waals surface area contributed by atoms with Gasteiger partial charge in [-0.05, 0) is 24.6 Å². The zero-order chi connectivity index (χ0) is 20.1. The number of nitrogens with zero attached hydrogens (tertiary/aromatic N) is 2. The number of para-hydroxylation sites is 1. The van der Waals surface area contributed by atoms with Gasteiger partial charge in [0.1, 0.15) is 17.6 Å². The van der Waals surface area contributed by atoms with Gasteiger partial charge in [0.15, 0.2) is 0 Å². The molecule has 142 valence electrons. The molecule has 0 aliphatic rings. The van der Waals surface area contributed by atoms with Gasteiger partial charge < -0.3 is 11.1 Å². The Morgan fingerprint density at radius 2 is 1.64 bits per heavy atom. The molecule has 1 aromatic heterocycles. The summed E-state index contributed by atoms with van der Waals surface area (Å²) in [5.74, 6) is -1.83. The van der Waals surface area contributed by atoms with Crippen LogP contribution in [0.1, 0.15) is 21.9 Å². The standard InChI is InChI=1S/C21H20N4O3/c1-14-23-13-18(25(14)16-10-6-3-7-11-16)21(28)24-17(19(26)20(22)27)12-15-8-4-2-5-9-15/h2-11,13,17H,12H2,1H3,(H2,22,27)(H,24,28). The van der Waals surface area contributed by atoms with Gasteiger partial charge in [-0.2, -0.15) is 0 Å². The topological polar surface area (TPSA) is 107 Å². The molecule has 2 amide bonds. The van der Waals surface area contributed by atoms with E-state index in [1.165, 1.54) is 6.20 Å². The van der Waals surface area contributed by atoms with Crippen LogP contribution in [0.2, 0.25) is 0 Å². The molecule has 7 nitrogen and oxygen atoms in total. The number of carbonyl (C=O) groups is 3. The second-order valence-corrected chi connectivity index (χ2v) is 6.31. The summed E-state index contributed by atoms with van der Waals surface area (Å²) in [4.78, 5) is 40.8. The lowest BCUT2D eigenvalue weighted by Gasteiger charge is -2.17. The number of nitrogens with one attached hydrogen (secondary N) is 1. The molecule has 3 aromatic rings. The Morgan fingerprint density at radius 1 is 1.04 bits per heavy atom. The number of rotatable bonds is 7. The Bertz CT molecular complexity index is 997. The Balaban J connectivity index is 1.89. The van der Waals surface area contributed by atoms with Crippen LogP contribution in [0.5, 0.6) is 0 Å². The minimum atomic E-state index is -1.09. The lowest BCUT2D eigenvalue weighted by atomic mass is 10.0. The summed E-state index contributed by atoms with van der Waals surface area (Å²) >= 11 is 0. The lowest BCUT2D eigenvalue weighted by molar-refractivity contribution is -0.137. The molecule has 0 saturated carbocycles. The van der Waals surface area contributed by atoms with Crippen molar-refractivity contribution >= 4 is 17.6 Å². The summed E-state index contributed by atoms with van der Waals surface area (Å²) in [6.45, 7) is 1.78. The fraction of sp³-hybridized carbons (Fsp3) is 0.143. The molecular weight excluding hydrogens is 356 g/mol. The fourth-order valence-electron chi connectivity index (χ4n) is 2.97. The number of hydrogen-bond donors (Lipinski definition) is 2. The van der Waals surface area contributed by atoms with E-state index in [2.05, 4.69) is 10.3 Å². The lowest BCUT2D eigenvalue weighted by Crippen LogP contribution is -2.47. The first-order chi connectivity index (χ1) is 13.5. The number of hydrogen-bond acceptors (Lipinski definition) is 4. The molecule has 2 aromatic carbocycles. The van der Waals surface area contributed by atoms with E-state index in [4.69, 9.17) is 5.73 Å². The maximum Gasteiger partial charge on any atom is 0.287 e. The van der Waals surface area contributed by atoms with Crippen LogP contribution in [-0.2, 0) is 16.0 Å². The molecule has 1 unspecified atom stereocenters. The molecule has 3 rings (SSSR count). The molecule has 7 heteroatoms. The van der Waals surface area contributed by atoms with E-state index in [0.29, 0.717) is 5.82 Å². The summed E-state index contributed by atoms with van der Waals surface area (Å²) in [5, 5.41) is 2.64. The van der Waals surface area contributed by atoms with Crippen molar-refractivity contribution in [1.82, 2.24) is 14.9 Å². The molecule has 0 aliphatic heterocycles. The SMILES string of the molecule is Cc1ncc(C(=O)NC(Cc2ccccc2)C(=O)C(N)=O)n1-c1ccccc1. The second kappa shape index (κ2) is 8.30. The molecule has 3 N–H and O–H groups in total. The first-order valence-electron chi connectivity index (χ1n) is 8.75. The Labute approximate surface area is 162 Å². The molecule has 1 atom stereocenters. The average Bonchev–Trinajstić information content (AvgIpc) is 3.09. The second-order valence-electron chi connectivity index (χ2n) is 6.31. The van der Waals surface area contributed by atoms with E-state index in [9.17, 15) is 14.4 Å². The third-order valence-corrected chi connectivity index (χ3v) is 4.33. The maximum absolute atomic E-state index is 12.9. The number of benzene rings is 2. The van der Waals surface area contributed by atoms with Crippen LogP contribution in [0.25, 0.3) is 5.69 Å². The highest BCUT2D eigenvalue weighted by Gasteiger charge is 2.27. The molecule has 0 radical (unpaired) electrons. The number of aryl methyl sites for hydroxylation is 1. The zero-order valence-electron chi connectivity index (χ0n) is 15.3. The van der Waals surface area contributed by atoms with Crippen LogP contribution in [0.3, 0.4) is 0 Å². The molecule has 0 fully saturated rings. The molecular formula is C21H20N4O3. The first-order valence-corrected chi connectivity index (χ1v) is 8.75. The van der Waals surface area contributed by atoms with Crippen molar-refractivity contribution in [2.75, 3.05) is 0 Å². The predicted molar refractivity (Wildman–Crippen MR) is 104 cm³/mol. The zero-order valence-corrected chi connectivity index (χ0v) is 15.3. The van der Waals surface area contributed by atoms with Crippen LogP contribution in [-0.4, -0.2) is 33.2 Å². The summed E-state index contributed by atoms with van der Waals surface area (Å²) < 4.78 is 1.68. The van der Waals surface area contributed by atoms with E-state index >= 15 is 0 Å². The normalized spacial score (nSPS) is 11.6. The van der Waals surface area contributed by atoms with E-state index in [-0.39, 0.29) is 12.1 Å². The fourth-order valence-corrected chi connectivity index (χ4v) is 2.97. The monoisotopic (exact) mass is 376 g/mol. The predicted octanol–water partition coefficient (Wildman–Crippen LogP) is 1.58.